The summed E-state index contributed by atoms with van der Waals surface area (Å²) in [4.78, 5) is 25.1. The van der Waals surface area contributed by atoms with Gasteiger partial charge in [-0.25, -0.2) is 4.79 Å². The molecule has 1 saturated carbocycles. The molecule has 3 aliphatic rings. The Morgan fingerprint density at radius 2 is 1.61 bits per heavy atom. The number of carbonyl (C=O) groups is 2. The summed E-state index contributed by atoms with van der Waals surface area (Å²) >= 11 is 0. The lowest BCUT2D eigenvalue weighted by atomic mass is 9.90. The zero-order valence-corrected chi connectivity index (χ0v) is 17.7. The zero-order chi connectivity index (χ0) is 22.2. The van der Waals surface area contributed by atoms with Crippen LogP contribution in [0.25, 0.3) is 0 Å². The number of piperidine rings is 1. The SMILES string of the molecule is O=C(NCC1CCOCC1)[C@H]1CC12CCN(C(=O)OC(C(F)(F)F)C(F)(F)F)CC2.S. The van der Waals surface area contributed by atoms with Crippen molar-refractivity contribution in [3.63, 3.8) is 0 Å². The van der Waals surface area contributed by atoms with E-state index in [4.69, 9.17) is 4.74 Å². The molecule has 13 heteroatoms. The number of hydrogen-bond acceptors (Lipinski definition) is 4. The Kier molecular flexibility index (Phi) is 8.05. The van der Waals surface area contributed by atoms with E-state index >= 15 is 0 Å². The third kappa shape index (κ3) is 6.33. The molecule has 0 radical (unpaired) electrons. The van der Waals surface area contributed by atoms with E-state index in [1.54, 1.807) is 0 Å². The monoisotopic (exact) mass is 480 g/mol. The van der Waals surface area contributed by atoms with Crippen LogP contribution in [0.2, 0.25) is 0 Å². The van der Waals surface area contributed by atoms with Crippen LogP contribution in [0.3, 0.4) is 0 Å². The number of carbonyl (C=O) groups excluding carboxylic acids is 2. The first-order chi connectivity index (χ1) is 13.9. The first-order valence-electron chi connectivity index (χ1n) is 9.87. The molecule has 2 amide bonds. The Morgan fingerprint density at radius 1 is 1.06 bits per heavy atom. The molecular weight excluding hydrogens is 454 g/mol. The molecule has 0 bridgehead atoms. The van der Waals surface area contributed by atoms with Gasteiger partial charge in [-0.2, -0.15) is 39.8 Å². The van der Waals surface area contributed by atoms with Crippen LogP contribution in [0.1, 0.15) is 32.1 Å². The van der Waals surface area contributed by atoms with E-state index in [-0.39, 0.29) is 43.8 Å². The zero-order valence-electron chi connectivity index (χ0n) is 16.7. The Balaban J connectivity index is 0.00000341. The number of hydrogen-bond donors (Lipinski definition) is 1. The van der Waals surface area contributed by atoms with Gasteiger partial charge in [-0.1, -0.05) is 0 Å². The minimum atomic E-state index is -5.74. The van der Waals surface area contributed by atoms with Gasteiger partial charge in [-0.05, 0) is 43.4 Å². The first-order valence-corrected chi connectivity index (χ1v) is 9.87. The number of amides is 2. The van der Waals surface area contributed by atoms with Gasteiger partial charge in [0, 0.05) is 38.8 Å². The second-order valence-corrected chi connectivity index (χ2v) is 8.25. The van der Waals surface area contributed by atoms with Gasteiger partial charge in [-0.15, -0.1) is 0 Å². The molecule has 1 aliphatic carbocycles. The maximum atomic E-state index is 12.6. The molecule has 3 fully saturated rings. The molecule has 3 rings (SSSR count). The minimum absolute atomic E-state index is 0. The van der Waals surface area contributed by atoms with Crippen LogP contribution in [0, 0.1) is 17.3 Å². The Bertz CT molecular complexity index is 632. The lowest BCUT2D eigenvalue weighted by Gasteiger charge is -2.33. The van der Waals surface area contributed by atoms with Crippen LogP contribution in [0.4, 0.5) is 31.1 Å². The summed E-state index contributed by atoms with van der Waals surface area (Å²) in [5.41, 5.74) is -0.343. The van der Waals surface area contributed by atoms with E-state index < -0.39 is 24.5 Å². The van der Waals surface area contributed by atoms with Gasteiger partial charge in [0.1, 0.15) is 0 Å². The van der Waals surface area contributed by atoms with Crippen LogP contribution in [-0.4, -0.2) is 68.2 Å². The van der Waals surface area contributed by atoms with E-state index in [1.807, 2.05) is 0 Å². The molecule has 1 atom stereocenters. The molecule has 0 aromatic carbocycles. The summed E-state index contributed by atoms with van der Waals surface area (Å²) in [5.74, 6) is 0.0320. The van der Waals surface area contributed by atoms with Crippen molar-refractivity contribution in [3.8, 4) is 0 Å². The number of rotatable bonds is 4. The van der Waals surface area contributed by atoms with Gasteiger partial charge in [0.15, 0.2) is 0 Å². The number of ether oxygens (including phenoxy) is 2. The van der Waals surface area contributed by atoms with Gasteiger partial charge in [0.2, 0.25) is 5.91 Å². The first kappa shape index (κ1) is 25.9. The van der Waals surface area contributed by atoms with Crippen molar-refractivity contribution in [2.45, 2.75) is 50.6 Å². The molecule has 2 heterocycles. The van der Waals surface area contributed by atoms with E-state index in [1.165, 1.54) is 0 Å². The van der Waals surface area contributed by atoms with Crippen molar-refractivity contribution in [1.29, 1.82) is 0 Å². The normalized spacial score (nSPS) is 24.0. The molecule has 6 nitrogen and oxygen atoms in total. The Hall–Kier alpha value is -1.37. The van der Waals surface area contributed by atoms with Crippen molar-refractivity contribution in [2.75, 3.05) is 32.8 Å². The maximum Gasteiger partial charge on any atom is 0.434 e. The second-order valence-electron chi connectivity index (χ2n) is 8.25. The second kappa shape index (κ2) is 9.63. The van der Waals surface area contributed by atoms with Crippen molar-refractivity contribution in [3.05, 3.63) is 0 Å². The van der Waals surface area contributed by atoms with Crippen molar-refractivity contribution < 1.29 is 45.4 Å². The summed E-state index contributed by atoms with van der Waals surface area (Å²) in [6.07, 6.45) is -14.3. The van der Waals surface area contributed by atoms with Gasteiger partial charge >= 0.3 is 18.4 Å². The van der Waals surface area contributed by atoms with Crippen molar-refractivity contribution in [2.24, 2.45) is 17.3 Å². The predicted octanol–water partition coefficient (Wildman–Crippen LogP) is 3.37. The van der Waals surface area contributed by atoms with Crippen LogP contribution >= 0.6 is 13.5 Å². The van der Waals surface area contributed by atoms with Gasteiger partial charge in [-0.3, -0.25) is 4.79 Å². The number of alkyl halides is 6. The summed E-state index contributed by atoms with van der Waals surface area (Å²) in [6, 6.07) is 0. The van der Waals surface area contributed by atoms with Gasteiger partial charge in [0.05, 0.1) is 0 Å². The van der Waals surface area contributed by atoms with Gasteiger partial charge in [0.25, 0.3) is 6.10 Å². The topological polar surface area (TPSA) is 67.9 Å². The average molecular weight is 480 g/mol. The average Bonchev–Trinajstić information content (AvgIpc) is 3.37. The van der Waals surface area contributed by atoms with Crippen LogP contribution in [0.15, 0.2) is 0 Å². The molecule has 2 saturated heterocycles. The van der Waals surface area contributed by atoms with Crippen molar-refractivity contribution in [1.82, 2.24) is 10.2 Å². The molecule has 0 aromatic rings. The summed E-state index contributed by atoms with van der Waals surface area (Å²) in [6.45, 7) is 1.80. The molecule has 2 aliphatic heterocycles. The Labute approximate surface area is 182 Å². The molecule has 31 heavy (non-hydrogen) atoms. The highest BCUT2D eigenvalue weighted by Crippen LogP contribution is 2.59. The largest absolute Gasteiger partial charge is 0.434 e. The third-order valence-corrected chi connectivity index (χ3v) is 6.24. The molecule has 1 N–H and O–H groups in total. The Morgan fingerprint density at radius 3 is 2.13 bits per heavy atom. The smallest absolute Gasteiger partial charge is 0.426 e. The summed E-state index contributed by atoms with van der Waals surface area (Å²) in [7, 11) is 0. The third-order valence-electron chi connectivity index (χ3n) is 6.24. The standard InChI is InChI=1S/C18H24F6N2O4.H2S/c19-17(20,21)14(18(22,23)24)30-15(28)26-5-3-16(4-6-26)9-12(16)13(27)25-10-11-1-7-29-8-2-11;/h11-12,14H,1-10H2,(H,25,27);1H2/t12-;/m1./s1. The fourth-order valence-electron chi connectivity index (χ4n) is 4.22. The van der Waals surface area contributed by atoms with E-state index in [0.29, 0.717) is 44.9 Å². The summed E-state index contributed by atoms with van der Waals surface area (Å²) in [5, 5.41) is 2.93. The van der Waals surface area contributed by atoms with E-state index in [9.17, 15) is 35.9 Å². The van der Waals surface area contributed by atoms with Gasteiger partial charge < -0.3 is 19.7 Å². The lowest BCUT2D eigenvalue weighted by Crippen LogP contribution is -2.49. The van der Waals surface area contributed by atoms with Crippen LogP contribution in [-0.2, 0) is 14.3 Å². The number of likely N-dealkylation sites (tertiary alicyclic amines) is 1. The highest BCUT2D eigenvalue weighted by Gasteiger charge is 2.61. The number of halogens is 6. The van der Waals surface area contributed by atoms with E-state index in [2.05, 4.69) is 10.1 Å². The van der Waals surface area contributed by atoms with Crippen LogP contribution in [0.5, 0.6) is 0 Å². The molecule has 180 valence electrons. The molecule has 1 spiro atoms. The molecular formula is C18H26F6N2O4S. The highest BCUT2D eigenvalue weighted by molar-refractivity contribution is 7.59. The molecule has 0 aromatic heterocycles. The summed E-state index contributed by atoms with van der Waals surface area (Å²) < 4.78 is 84.3. The fraction of sp³-hybridized carbons (Fsp3) is 0.889. The van der Waals surface area contributed by atoms with Crippen LogP contribution < -0.4 is 5.32 Å². The van der Waals surface area contributed by atoms with E-state index in [0.717, 1.165) is 17.7 Å². The molecule has 0 unspecified atom stereocenters. The number of nitrogens with one attached hydrogen (secondary N) is 1. The van der Waals surface area contributed by atoms with Crippen molar-refractivity contribution >= 4 is 25.5 Å². The predicted molar refractivity (Wildman–Crippen MR) is 101 cm³/mol. The lowest BCUT2D eigenvalue weighted by molar-refractivity contribution is -0.308. The fourth-order valence-corrected chi connectivity index (χ4v) is 4.22. The highest BCUT2D eigenvalue weighted by atomic mass is 32.1. The minimum Gasteiger partial charge on any atom is -0.426 e. The quantitative estimate of drug-likeness (QED) is 0.627. The maximum absolute atomic E-state index is 12.6. The number of nitrogens with zero attached hydrogens (tertiary/aromatic N) is 1.